The average molecular weight is 300 g/mol. The summed E-state index contributed by atoms with van der Waals surface area (Å²) in [6.45, 7) is 0. The van der Waals surface area contributed by atoms with Gasteiger partial charge in [-0.05, 0) is 12.1 Å². The zero-order valence-corrected chi connectivity index (χ0v) is 9.24. The fourth-order valence-corrected chi connectivity index (χ4v) is 1.11. The number of carbonyl (C=O) groups excluding carboxylic acids is 1. The zero-order chi connectivity index (χ0) is 15.7. The monoisotopic (exact) mass is 300 g/mol. The fourth-order valence-electron chi connectivity index (χ4n) is 1.11. The summed E-state index contributed by atoms with van der Waals surface area (Å²) in [5.74, 6) is -9.10. The van der Waals surface area contributed by atoms with E-state index in [4.69, 9.17) is 5.11 Å². The first kappa shape index (κ1) is 15.6. The Kier molecular flexibility index (Phi) is 3.82. The number of carbonyl (C=O) groups is 1. The van der Waals surface area contributed by atoms with E-state index in [1.165, 1.54) is 0 Å². The van der Waals surface area contributed by atoms with E-state index in [0.717, 1.165) is 11.4 Å². The smallest absolute Gasteiger partial charge is 0.463 e. The average Bonchev–Trinajstić information content (AvgIpc) is 2.29. The molecule has 0 unspecified atom stereocenters. The van der Waals surface area contributed by atoms with Crippen molar-refractivity contribution in [2.75, 3.05) is 5.32 Å². The lowest BCUT2D eigenvalue weighted by Crippen LogP contribution is -2.47. The van der Waals surface area contributed by atoms with Gasteiger partial charge in [0, 0.05) is 0 Å². The molecule has 6 nitrogen and oxygen atoms in total. The highest BCUT2D eigenvalue weighted by atomic mass is 19.4. The highest BCUT2D eigenvalue weighted by Crippen LogP contribution is 2.37. The van der Waals surface area contributed by atoms with Gasteiger partial charge in [0.05, 0.1) is 11.0 Å². The molecule has 2 N–H and O–H groups in total. The molecule has 0 aromatic heterocycles. The van der Waals surface area contributed by atoms with Crippen LogP contribution < -0.4 is 5.32 Å². The number of halogens is 5. The molecular weight excluding hydrogens is 295 g/mol. The number of benzene rings is 1. The number of nitrogens with one attached hydrogen (secondary N) is 1. The van der Waals surface area contributed by atoms with Gasteiger partial charge in [-0.25, -0.2) is 0 Å². The van der Waals surface area contributed by atoms with Crippen molar-refractivity contribution in [2.24, 2.45) is 0 Å². The van der Waals surface area contributed by atoms with Gasteiger partial charge in [-0.1, -0.05) is 0 Å². The Hall–Kier alpha value is -2.46. The van der Waals surface area contributed by atoms with E-state index >= 15 is 0 Å². The number of amides is 1. The summed E-state index contributed by atoms with van der Waals surface area (Å²) in [6, 6.07) is 1.88. The first-order valence-corrected chi connectivity index (χ1v) is 4.70. The van der Waals surface area contributed by atoms with Crippen LogP contribution in [0.5, 0.6) is 5.75 Å². The molecule has 0 aliphatic rings. The van der Waals surface area contributed by atoms with Crippen LogP contribution in [0.15, 0.2) is 18.2 Å². The molecule has 110 valence electrons. The van der Waals surface area contributed by atoms with Crippen molar-refractivity contribution in [1.29, 1.82) is 0 Å². The summed E-state index contributed by atoms with van der Waals surface area (Å²) < 4.78 is 61.1. The topological polar surface area (TPSA) is 92.5 Å². The van der Waals surface area contributed by atoms with Gasteiger partial charge in [0.25, 0.3) is 5.69 Å². The van der Waals surface area contributed by atoms with Gasteiger partial charge in [-0.2, -0.15) is 22.0 Å². The summed E-state index contributed by atoms with van der Waals surface area (Å²) in [7, 11) is 0. The molecule has 0 bridgehead atoms. The Morgan fingerprint density at radius 1 is 1.25 bits per heavy atom. The van der Waals surface area contributed by atoms with E-state index in [2.05, 4.69) is 0 Å². The van der Waals surface area contributed by atoms with Crippen LogP contribution in [0, 0.1) is 10.1 Å². The third-order valence-corrected chi connectivity index (χ3v) is 2.07. The summed E-state index contributed by atoms with van der Waals surface area (Å²) in [6.07, 6.45) is -6.14. The van der Waals surface area contributed by atoms with Crippen molar-refractivity contribution in [3.8, 4) is 5.75 Å². The highest BCUT2D eigenvalue weighted by molar-refractivity contribution is 5.98. The minimum atomic E-state index is -6.14. The number of rotatable bonds is 3. The van der Waals surface area contributed by atoms with E-state index in [9.17, 15) is 36.9 Å². The lowest BCUT2D eigenvalue weighted by Gasteiger charge is -2.18. The van der Waals surface area contributed by atoms with Crippen LogP contribution in [0.25, 0.3) is 0 Å². The molecule has 0 aliphatic carbocycles. The molecule has 0 heterocycles. The van der Waals surface area contributed by atoms with Crippen molar-refractivity contribution < 1.29 is 36.8 Å². The molecule has 20 heavy (non-hydrogen) atoms. The highest BCUT2D eigenvalue weighted by Gasteiger charge is 2.63. The van der Waals surface area contributed by atoms with E-state index in [-0.39, 0.29) is 0 Å². The predicted molar refractivity (Wildman–Crippen MR) is 54.4 cm³/mol. The number of aromatic hydroxyl groups is 1. The van der Waals surface area contributed by atoms with Crippen LogP contribution >= 0.6 is 0 Å². The van der Waals surface area contributed by atoms with Crippen LogP contribution in [-0.4, -0.2) is 28.0 Å². The largest absolute Gasteiger partial charge is 0.508 e. The van der Waals surface area contributed by atoms with Crippen LogP contribution in [0.4, 0.5) is 33.3 Å². The van der Waals surface area contributed by atoms with Crippen LogP contribution in [0.1, 0.15) is 0 Å². The number of hydrogen-bond acceptors (Lipinski definition) is 4. The maximum absolute atomic E-state index is 12.7. The first-order valence-electron chi connectivity index (χ1n) is 4.70. The Bertz CT molecular complexity index is 558. The molecule has 1 rings (SSSR count). The first-order chi connectivity index (χ1) is 8.96. The maximum Gasteiger partial charge on any atom is 0.463 e. The van der Waals surface area contributed by atoms with Gasteiger partial charge in [0.2, 0.25) is 0 Å². The van der Waals surface area contributed by atoms with Crippen LogP contribution in [0.3, 0.4) is 0 Å². The van der Waals surface area contributed by atoms with Gasteiger partial charge in [-0.3, -0.25) is 14.9 Å². The zero-order valence-electron chi connectivity index (χ0n) is 9.24. The second-order valence-corrected chi connectivity index (χ2v) is 3.48. The Morgan fingerprint density at radius 3 is 2.25 bits per heavy atom. The van der Waals surface area contributed by atoms with Gasteiger partial charge in [-0.15, -0.1) is 0 Å². The van der Waals surface area contributed by atoms with Gasteiger partial charge < -0.3 is 10.4 Å². The summed E-state index contributed by atoms with van der Waals surface area (Å²) in [4.78, 5) is 20.2. The second kappa shape index (κ2) is 4.90. The second-order valence-electron chi connectivity index (χ2n) is 3.48. The number of phenolic OH excluding ortho intramolecular Hbond substituents is 1. The number of anilines is 1. The van der Waals surface area contributed by atoms with E-state index in [0.29, 0.717) is 12.1 Å². The fraction of sp³-hybridized carbons (Fsp3) is 0.222. The molecule has 0 saturated heterocycles. The molecule has 0 aliphatic heterocycles. The van der Waals surface area contributed by atoms with E-state index in [1.807, 2.05) is 0 Å². The molecule has 0 fully saturated rings. The molecular formula is C9H5F5N2O4. The summed E-state index contributed by atoms with van der Waals surface area (Å²) >= 11 is 0. The molecule has 0 radical (unpaired) electrons. The van der Waals surface area contributed by atoms with Crippen molar-refractivity contribution >= 4 is 17.3 Å². The third kappa shape index (κ3) is 2.92. The molecule has 0 atom stereocenters. The van der Waals surface area contributed by atoms with E-state index in [1.54, 1.807) is 0 Å². The quantitative estimate of drug-likeness (QED) is 0.388. The van der Waals surface area contributed by atoms with Gasteiger partial charge in [0.15, 0.2) is 0 Å². The number of nitro groups is 1. The number of nitrogens with zero attached hydrogens (tertiary/aromatic N) is 1. The minimum absolute atomic E-state index is 0.487. The molecule has 1 aromatic rings. The van der Waals surface area contributed by atoms with Crippen LogP contribution in [-0.2, 0) is 4.79 Å². The standard InChI is InChI=1S/C9H5F5N2O4/c10-8(11,9(12,13)14)7(18)15-5-2-1-4(17)3-6(5)16(19)20/h1-3,17H,(H,15,18). The predicted octanol–water partition coefficient (Wildman–Crippen LogP) is 2.44. The molecule has 0 saturated carbocycles. The van der Waals surface area contributed by atoms with Crippen molar-refractivity contribution in [1.82, 2.24) is 0 Å². The summed E-state index contributed by atoms with van der Waals surface area (Å²) in [5.41, 5.74) is -1.93. The lowest BCUT2D eigenvalue weighted by molar-refractivity contribution is -0.384. The number of hydrogen-bond donors (Lipinski definition) is 2. The minimum Gasteiger partial charge on any atom is -0.508 e. The number of alkyl halides is 5. The normalized spacial score (nSPS) is 12.1. The molecule has 0 spiro atoms. The SMILES string of the molecule is O=C(Nc1ccc(O)cc1[N+](=O)[O-])C(F)(F)C(F)(F)F. The van der Waals surface area contributed by atoms with Crippen molar-refractivity contribution in [3.05, 3.63) is 28.3 Å². The third-order valence-electron chi connectivity index (χ3n) is 2.07. The summed E-state index contributed by atoms with van der Waals surface area (Å²) in [5, 5.41) is 20.6. The Labute approximate surface area is 107 Å². The van der Waals surface area contributed by atoms with Crippen LogP contribution in [0.2, 0.25) is 0 Å². The van der Waals surface area contributed by atoms with E-state index < -0.39 is 40.1 Å². The van der Waals surface area contributed by atoms with Crippen molar-refractivity contribution in [2.45, 2.75) is 12.1 Å². The number of nitro benzene ring substituents is 1. The lowest BCUT2D eigenvalue weighted by atomic mass is 10.2. The Balaban J connectivity index is 3.12. The number of phenols is 1. The van der Waals surface area contributed by atoms with Gasteiger partial charge >= 0.3 is 18.0 Å². The molecule has 1 aromatic carbocycles. The Morgan fingerprint density at radius 2 is 1.80 bits per heavy atom. The molecule has 11 heteroatoms. The molecule has 1 amide bonds. The van der Waals surface area contributed by atoms with Crippen molar-refractivity contribution in [3.63, 3.8) is 0 Å². The maximum atomic E-state index is 12.7. The van der Waals surface area contributed by atoms with Gasteiger partial charge in [0.1, 0.15) is 11.4 Å².